The predicted molar refractivity (Wildman–Crippen MR) is 318 cm³/mol. The predicted octanol–water partition coefficient (Wildman–Crippen LogP) is -3.47. The Labute approximate surface area is 490 Å². The molecule has 2 heterocycles. The molecule has 0 saturated heterocycles. The number of para-hydroxylation sites is 2. The van der Waals surface area contributed by atoms with Crippen molar-refractivity contribution in [3.63, 3.8) is 0 Å². The average Bonchev–Trinajstić information content (AvgIpc) is 3.64. The molecule has 2 aromatic carbocycles. The van der Waals surface area contributed by atoms with E-state index in [0.29, 0.717) is 34.9 Å². The third-order valence-electron chi connectivity index (χ3n) is 13.7. The van der Waals surface area contributed by atoms with Crippen molar-refractivity contribution in [3.05, 3.63) is 72.1 Å². The van der Waals surface area contributed by atoms with Crippen LogP contribution in [0, 0.1) is 5.92 Å². The molecule has 0 unspecified atom stereocenters. The summed E-state index contributed by atoms with van der Waals surface area (Å²) in [5.41, 5.74) is 41.4. The Kier molecular flexibility index (Phi) is 27.0. The zero-order valence-electron chi connectivity index (χ0n) is 48.2. The normalized spacial score (nSPS) is 14.3. The lowest BCUT2D eigenvalue weighted by Crippen LogP contribution is -2.61. The largest absolute Gasteiger partial charge is 0.480 e. The molecule has 0 spiro atoms. The van der Waals surface area contributed by atoms with E-state index in [1.165, 1.54) is 13.8 Å². The molecule has 25 N–H and O–H groups in total. The minimum Gasteiger partial charge on any atom is -0.480 e. The molecule has 0 radical (unpaired) electrons. The number of benzene rings is 2. The number of unbranched alkanes of at least 4 members (excludes halogenated alkanes) is 1. The van der Waals surface area contributed by atoms with E-state index in [2.05, 4.69) is 62.5 Å². The Morgan fingerprint density at radius 2 is 0.918 bits per heavy atom. The lowest BCUT2D eigenvalue weighted by Gasteiger charge is -2.28. The number of rotatable bonds is 36. The molecule has 2 aromatic heterocycles. The van der Waals surface area contributed by atoms with Gasteiger partial charge in [0.2, 0.25) is 53.2 Å². The van der Waals surface area contributed by atoms with Gasteiger partial charge in [-0.1, -0.05) is 50.2 Å². The molecule has 0 bridgehead atoms. The van der Waals surface area contributed by atoms with Gasteiger partial charge in [0.15, 0.2) is 11.9 Å². The summed E-state index contributed by atoms with van der Waals surface area (Å²) < 4.78 is 0. The zero-order valence-corrected chi connectivity index (χ0v) is 48.2. The van der Waals surface area contributed by atoms with E-state index in [0.717, 1.165) is 10.9 Å². The average molecular weight is 1190 g/mol. The smallest absolute Gasteiger partial charge is 0.326 e. The van der Waals surface area contributed by atoms with Gasteiger partial charge >= 0.3 is 5.97 Å². The molecule has 464 valence electrons. The number of amides is 9. The van der Waals surface area contributed by atoms with Crippen LogP contribution < -0.4 is 82.7 Å². The van der Waals surface area contributed by atoms with Gasteiger partial charge in [0.05, 0.1) is 12.5 Å². The van der Waals surface area contributed by atoms with E-state index in [1.54, 1.807) is 56.6 Å². The Balaban J connectivity index is 1.56. The Hall–Kier alpha value is -9.32. The standard InChI is InChI=1S/C55H83N19O11/c1-28(2)44(74-51(82)41(24-32-27-66-37-17-8-6-14-34(32)37)72-45(76)29(3)67-47(78)35(57)15-11-21-63-54(59)60)52(83)68-30(4)46(77)71-40(23-31-26-65-36-16-7-5-13-33(31)36)49(80)69-38(18-9-10-20-56)48(79)73-42(25-43(58)75)50(81)70-39(53(84)85)19-12-22-64-55(61)62/h5-8,13-14,16-17,26-30,35,38-42,44,65-66H,9-12,15,18-25,56-57H2,1-4H3,(H2,58,75)(H,67,78)(H,68,83)(H,69,80)(H,70,81)(H,71,77)(H,72,76)(H,73,79)(H,74,82)(H,84,85)(H4,59,60,63)(H4,61,62,64)/t29-,30-,35-,38-,39-,40-,41-,42-,44-/m0/s1. The van der Waals surface area contributed by atoms with E-state index in [9.17, 15) is 53.1 Å². The van der Waals surface area contributed by atoms with Gasteiger partial charge in [0, 0.05) is 60.1 Å². The number of hydrogen-bond acceptors (Lipinski definition) is 14. The Bertz CT molecular complexity index is 3020. The van der Waals surface area contributed by atoms with E-state index in [-0.39, 0.29) is 76.5 Å². The second-order valence-corrected chi connectivity index (χ2v) is 20.9. The molecule has 0 aliphatic rings. The SMILES string of the molecule is CC(C)[C@H](NC(=O)[C@H](Cc1c[nH]c2ccccc12)NC(=O)[C@H](C)NC(=O)[C@@H](N)CCCN=C(N)N)C(=O)N[C@@H](C)C(=O)N[C@@H](Cc1c[nH]c2ccccc12)C(=O)N[C@@H](CCCCN)C(=O)N[C@@H](CC(N)=O)C(=O)N[C@@H](CCCN=C(N)N)C(=O)O. The van der Waals surface area contributed by atoms with Gasteiger partial charge in [0.25, 0.3) is 0 Å². The van der Waals surface area contributed by atoms with E-state index >= 15 is 0 Å². The molecule has 0 aliphatic heterocycles. The number of carboxylic acids is 1. The first-order chi connectivity index (χ1) is 40.3. The maximum atomic E-state index is 14.6. The van der Waals surface area contributed by atoms with Crippen molar-refractivity contribution >= 4 is 92.9 Å². The van der Waals surface area contributed by atoms with Gasteiger partial charge < -0.3 is 97.7 Å². The van der Waals surface area contributed by atoms with Crippen LogP contribution in [0.2, 0.25) is 0 Å². The fourth-order valence-electron chi connectivity index (χ4n) is 9.00. The summed E-state index contributed by atoms with van der Waals surface area (Å²) >= 11 is 0. The van der Waals surface area contributed by atoms with Gasteiger partial charge in [-0.25, -0.2) is 4.79 Å². The molecule has 9 amide bonds. The highest BCUT2D eigenvalue weighted by Crippen LogP contribution is 2.21. The molecule has 0 saturated carbocycles. The number of hydrogen-bond donors (Lipinski definition) is 18. The molecule has 30 heteroatoms. The van der Waals surface area contributed by atoms with Crippen LogP contribution in [0.1, 0.15) is 90.2 Å². The summed E-state index contributed by atoms with van der Waals surface area (Å²) in [5.74, 6) is -10.1. The van der Waals surface area contributed by atoms with Crippen molar-refractivity contribution < 1.29 is 53.1 Å². The van der Waals surface area contributed by atoms with Crippen LogP contribution in [-0.2, 0) is 60.8 Å². The number of aliphatic imine (C=N–C) groups is 2. The van der Waals surface area contributed by atoms with Crippen molar-refractivity contribution in [3.8, 4) is 0 Å². The Morgan fingerprint density at radius 3 is 1.40 bits per heavy atom. The molecule has 0 aliphatic carbocycles. The van der Waals surface area contributed by atoms with E-state index < -0.39 is 126 Å². The molecule has 4 rings (SSSR count). The maximum absolute atomic E-state index is 14.6. The summed E-state index contributed by atoms with van der Waals surface area (Å²) in [6.07, 6.45) is 3.58. The van der Waals surface area contributed by atoms with E-state index in [1.807, 2.05) is 18.2 Å². The second-order valence-electron chi connectivity index (χ2n) is 20.9. The quantitative estimate of drug-likeness (QED) is 0.0120. The highest BCUT2D eigenvalue weighted by atomic mass is 16.4. The van der Waals surface area contributed by atoms with Crippen LogP contribution in [0.4, 0.5) is 0 Å². The van der Waals surface area contributed by atoms with Crippen molar-refractivity contribution in [1.29, 1.82) is 0 Å². The highest BCUT2D eigenvalue weighted by molar-refractivity contribution is 5.99. The van der Waals surface area contributed by atoms with Crippen molar-refractivity contribution in [2.45, 2.75) is 146 Å². The zero-order chi connectivity index (χ0) is 62.9. The van der Waals surface area contributed by atoms with E-state index in [4.69, 9.17) is 40.1 Å². The molecular formula is C55H83N19O11. The third-order valence-corrected chi connectivity index (χ3v) is 13.7. The number of aliphatic carboxylic acids is 1. The summed E-state index contributed by atoms with van der Waals surface area (Å²) in [7, 11) is 0. The first kappa shape index (κ1) is 68.2. The minimum absolute atomic E-state index is 0.0501. The van der Waals surface area contributed by atoms with Crippen molar-refractivity contribution in [2.24, 2.45) is 56.0 Å². The Morgan fingerprint density at radius 1 is 0.494 bits per heavy atom. The number of carboxylic acid groups (broad SMARTS) is 1. The second kappa shape index (κ2) is 33.7. The number of carbonyl (C=O) groups excluding carboxylic acids is 9. The lowest BCUT2D eigenvalue weighted by molar-refractivity contribution is -0.142. The van der Waals surface area contributed by atoms with Gasteiger partial charge in [-0.3, -0.25) is 53.1 Å². The van der Waals surface area contributed by atoms with Crippen LogP contribution in [-0.4, -0.2) is 160 Å². The summed E-state index contributed by atoms with van der Waals surface area (Å²) in [6, 6.07) is 2.25. The highest BCUT2D eigenvalue weighted by Gasteiger charge is 2.36. The van der Waals surface area contributed by atoms with Crippen LogP contribution in [0.5, 0.6) is 0 Å². The number of primary amides is 1. The number of fused-ring (bicyclic) bond motifs is 2. The third kappa shape index (κ3) is 22.1. The summed E-state index contributed by atoms with van der Waals surface area (Å²) in [5, 5.41) is 32.0. The molecule has 30 nitrogen and oxygen atoms in total. The topological polar surface area (TPSA) is 526 Å². The number of aromatic nitrogens is 2. The van der Waals surface area contributed by atoms with Gasteiger partial charge in [-0.15, -0.1) is 0 Å². The monoisotopic (exact) mass is 1190 g/mol. The van der Waals surface area contributed by atoms with Crippen molar-refractivity contribution in [1.82, 2.24) is 52.5 Å². The van der Waals surface area contributed by atoms with Crippen LogP contribution in [0.3, 0.4) is 0 Å². The maximum Gasteiger partial charge on any atom is 0.326 e. The number of guanidine groups is 2. The number of nitrogens with one attached hydrogen (secondary N) is 10. The fourth-order valence-corrected chi connectivity index (χ4v) is 9.00. The van der Waals surface area contributed by atoms with Crippen LogP contribution in [0.25, 0.3) is 21.8 Å². The van der Waals surface area contributed by atoms with Crippen molar-refractivity contribution in [2.75, 3.05) is 19.6 Å². The minimum atomic E-state index is -1.69. The first-order valence-electron chi connectivity index (χ1n) is 27.9. The molecule has 0 fully saturated rings. The van der Waals surface area contributed by atoms with Gasteiger partial charge in [0.1, 0.15) is 48.3 Å². The molecule has 85 heavy (non-hydrogen) atoms. The first-order valence-corrected chi connectivity index (χ1v) is 27.9. The van der Waals surface area contributed by atoms with Gasteiger partial charge in [-0.05, 0) is 94.5 Å². The van der Waals surface area contributed by atoms with Gasteiger partial charge in [-0.2, -0.15) is 0 Å². The number of aromatic amines is 2. The molecule has 9 atom stereocenters. The number of H-pyrrole nitrogens is 2. The summed E-state index contributed by atoms with van der Waals surface area (Å²) in [6.45, 7) is 6.57. The lowest BCUT2D eigenvalue weighted by atomic mass is 10.00. The number of nitrogens with two attached hydrogens (primary N) is 7. The summed E-state index contributed by atoms with van der Waals surface area (Å²) in [4.78, 5) is 150. The van der Waals surface area contributed by atoms with Crippen LogP contribution >= 0.6 is 0 Å². The molecular weight excluding hydrogens is 1100 g/mol. The number of nitrogens with zero attached hydrogens (tertiary/aromatic N) is 2. The van der Waals surface area contributed by atoms with Crippen LogP contribution in [0.15, 0.2) is 70.9 Å². The number of carbonyl (C=O) groups is 10. The molecule has 4 aromatic rings. The fraction of sp³-hybridized carbons (Fsp3) is 0.491.